The number of urea groups is 1. The second-order valence-electron chi connectivity index (χ2n) is 28.9. The number of rotatable bonds is 47. The van der Waals surface area contributed by atoms with E-state index in [9.17, 15) is 61.5 Å². The Kier molecular flexibility index (Phi) is 33.8. The largest absolute Gasteiger partial charge is 0.481 e. The van der Waals surface area contributed by atoms with E-state index in [0.717, 1.165) is 67.6 Å². The van der Waals surface area contributed by atoms with Crippen molar-refractivity contribution in [1.82, 2.24) is 21.3 Å². The molecule has 2 heterocycles. The molecule has 578 valence electrons. The number of allylic oxidation sites excluding steroid dienone is 8. The third-order valence-corrected chi connectivity index (χ3v) is 20.7. The number of nitrogens with two attached hydrogens (primary N) is 4. The summed E-state index contributed by atoms with van der Waals surface area (Å²) in [6.07, 6.45) is 18.5. The zero-order valence-electron chi connectivity index (χ0n) is 62.3. The molecule has 3 aromatic carbocycles. The summed E-state index contributed by atoms with van der Waals surface area (Å²) >= 11 is 0. The normalized spacial score (nSPS) is 16.4. The van der Waals surface area contributed by atoms with Crippen molar-refractivity contribution in [3.05, 3.63) is 142 Å². The van der Waals surface area contributed by atoms with Crippen LogP contribution in [0.25, 0.3) is 0 Å². The minimum Gasteiger partial charge on any atom is -0.481 e. The Morgan fingerprint density at radius 3 is 1.95 bits per heavy atom. The minimum atomic E-state index is -4.12. The molecular weight excluding hydrogens is 1370 g/mol. The predicted octanol–water partition coefficient (Wildman–Crippen LogP) is 9.39. The number of carboxylic acid groups (broad SMARTS) is 3. The molecule has 6 rings (SSSR count). The Morgan fingerprint density at radius 1 is 0.642 bits per heavy atom. The zero-order valence-corrected chi connectivity index (χ0v) is 63.2. The number of anilines is 1. The van der Waals surface area contributed by atoms with Gasteiger partial charge in [-0.05, 0) is 156 Å². The van der Waals surface area contributed by atoms with Crippen molar-refractivity contribution in [2.24, 2.45) is 38.8 Å². The fourth-order valence-corrected chi connectivity index (χ4v) is 14.7. The topological polar surface area (TPSA) is 435 Å². The molecule has 2 aliphatic heterocycles. The number of nitrogens with zero attached hydrogens (tertiary/aromatic N) is 4. The lowest BCUT2D eigenvalue weighted by Crippen LogP contribution is -2.47. The lowest BCUT2D eigenvalue weighted by Gasteiger charge is -2.28. The third kappa shape index (κ3) is 27.1. The molecule has 4 atom stereocenters. The number of ketones is 2. The molecular formula is C79H113N12O14S+. The van der Waals surface area contributed by atoms with Gasteiger partial charge in [-0.25, -0.2) is 14.4 Å². The van der Waals surface area contributed by atoms with Crippen LogP contribution in [0.1, 0.15) is 205 Å². The lowest BCUT2D eigenvalue weighted by molar-refractivity contribution is -0.438. The molecule has 106 heavy (non-hydrogen) atoms. The molecule has 3 aliphatic rings. The molecule has 4 amide bonds. The third-order valence-electron chi connectivity index (χ3n) is 19.9. The maximum absolute atomic E-state index is 14.5. The van der Waals surface area contributed by atoms with Gasteiger partial charge >= 0.3 is 23.9 Å². The van der Waals surface area contributed by atoms with Gasteiger partial charge in [0, 0.05) is 112 Å². The number of nitrogens with one attached hydrogen (secondary N) is 4. The first-order valence-corrected chi connectivity index (χ1v) is 38.9. The quantitative estimate of drug-likeness (QED) is 0.00823. The van der Waals surface area contributed by atoms with Gasteiger partial charge in [0.25, 0.3) is 10.1 Å². The summed E-state index contributed by atoms with van der Waals surface area (Å²) in [6.45, 7) is 12.9. The zero-order chi connectivity index (χ0) is 77.6. The molecule has 3 aromatic rings. The molecule has 16 N–H and O–H groups in total. The number of Topliss-reactive ketones (excluding diaryl/α,β-unsaturated/α-hetero) is 2. The first kappa shape index (κ1) is 85.4. The monoisotopic (exact) mass is 1490 g/mol. The van der Waals surface area contributed by atoms with Crippen molar-refractivity contribution in [3.63, 3.8) is 0 Å². The van der Waals surface area contributed by atoms with E-state index in [1.807, 2.05) is 36.4 Å². The summed E-state index contributed by atoms with van der Waals surface area (Å²) in [5.41, 5.74) is 34.0. The van der Waals surface area contributed by atoms with Crippen LogP contribution < -0.4 is 49.1 Å². The van der Waals surface area contributed by atoms with E-state index in [1.54, 1.807) is 0 Å². The highest BCUT2D eigenvalue weighted by molar-refractivity contribution is 7.85. The highest BCUT2D eigenvalue weighted by Crippen LogP contribution is 2.48. The molecule has 0 spiro atoms. The van der Waals surface area contributed by atoms with Crippen molar-refractivity contribution < 1.29 is 71.2 Å². The Labute approximate surface area is 624 Å². The van der Waals surface area contributed by atoms with Crippen molar-refractivity contribution in [1.29, 1.82) is 0 Å². The Balaban J connectivity index is 1.18. The fraction of sp³-hybridized carbons (Fsp3) is 0.532. The first-order valence-electron chi connectivity index (χ1n) is 37.3. The summed E-state index contributed by atoms with van der Waals surface area (Å²) < 4.78 is 35.5. The molecule has 0 radical (unpaired) electrons. The molecule has 26 nitrogen and oxygen atoms in total. The van der Waals surface area contributed by atoms with Crippen molar-refractivity contribution in [3.8, 4) is 0 Å². The van der Waals surface area contributed by atoms with Gasteiger partial charge in [-0.3, -0.25) is 38.5 Å². The molecule has 0 saturated carbocycles. The van der Waals surface area contributed by atoms with Crippen LogP contribution in [0, 0.1) is 5.92 Å². The predicted molar refractivity (Wildman–Crippen MR) is 412 cm³/mol. The number of carbonyl (C=O) groups excluding carboxylic acids is 5. The van der Waals surface area contributed by atoms with Crippen LogP contribution in [0.15, 0.2) is 130 Å². The molecule has 0 unspecified atom stereocenters. The molecule has 0 saturated heterocycles. The Bertz CT molecular complexity index is 3900. The van der Waals surface area contributed by atoms with E-state index in [-0.39, 0.29) is 126 Å². The molecule has 0 aromatic heterocycles. The van der Waals surface area contributed by atoms with Gasteiger partial charge < -0.3 is 64.4 Å². The van der Waals surface area contributed by atoms with Crippen LogP contribution in [-0.2, 0) is 67.4 Å². The summed E-state index contributed by atoms with van der Waals surface area (Å²) in [5, 5.41) is 39.3. The second kappa shape index (κ2) is 42.0. The number of hydrogen-bond donors (Lipinski definition) is 12. The second-order valence-corrected chi connectivity index (χ2v) is 30.4. The average molecular weight is 1490 g/mol. The van der Waals surface area contributed by atoms with E-state index >= 15 is 0 Å². The van der Waals surface area contributed by atoms with Gasteiger partial charge in [-0.15, -0.1) is 0 Å². The molecule has 0 bridgehead atoms. The van der Waals surface area contributed by atoms with Gasteiger partial charge in [0.15, 0.2) is 23.4 Å². The average Bonchev–Trinajstić information content (AvgIpc) is 1.60. The van der Waals surface area contributed by atoms with E-state index in [1.165, 1.54) is 33.7 Å². The van der Waals surface area contributed by atoms with Gasteiger partial charge in [-0.1, -0.05) is 113 Å². The number of benzene rings is 3. The van der Waals surface area contributed by atoms with Gasteiger partial charge in [0.2, 0.25) is 17.5 Å². The summed E-state index contributed by atoms with van der Waals surface area (Å²) in [7, 11) is -4.12. The van der Waals surface area contributed by atoms with Crippen LogP contribution in [0.3, 0.4) is 0 Å². The fourth-order valence-electron chi connectivity index (χ4n) is 14.1. The number of amides is 4. The SMILES string of the molecule is CCCCC[N+]1=C(C=CC2=C(Cc3ccc(C[C@@H](NC(=O)[C@H](CCCN=C(N)N)CC(=O)[C@H](CCCN=C(N)N)NC(=O)CCCCCCC(=O)CC[C@@H](NC(=O)NCCCC(=O)O)C(=O)O)C(=O)O)cc3)C(=CC=C3N(CCCCS(=O)(=O)O)c4ccccc4C3(C)C)CCC2)C(C)(C)c2ccccc21. The number of para-hydroxylation sites is 2. The Hall–Kier alpha value is -9.50. The number of fused-ring (bicyclic) bond motifs is 2. The maximum Gasteiger partial charge on any atom is 0.326 e. The van der Waals surface area contributed by atoms with Crippen LogP contribution >= 0.6 is 0 Å². The lowest BCUT2D eigenvalue weighted by atomic mass is 9.80. The van der Waals surface area contributed by atoms with E-state index in [2.05, 4.69) is 136 Å². The number of aliphatic imine (C=N–C) groups is 2. The molecule has 27 heteroatoms. The van der Waals surface area contributed by atoms with Crippen LogP contribution in [0.4, 0.5) is 16.2 Å². The number of guanidine groups is 2. The van der Waals surface area contributed by atoms with E-state index in [0.29, 0.717) is 57.1 Å². The highest BCUT2D eigenvalue weighted by Gasteiger charge is 2.44. The summed E-state index contributed by atoms with van der Waals surface area (Å²) in [5.74, 6) is -7.16. The van der Waals surface area contributed by atoms with Crippen LogP contribution in [0.2, 0.25) is 0 Å². The molecule has 0 fully saturated rings. The van der Waals surface area contributed by atoms with E-state index in [4.69, 9.17) is 28.0 Å². The van der Waals surface area contributed by atoms with Crippen molar-refractivity contribution in [2.45, 2.75) is 224 Å². The van der Waals surface area contributed by atoms with Crippen LogP contribution in [-0.4, -0.2) is 154 Å². The van der Waals surface area contributed by atoms with Gasteiger partial charge in [0.05, 0.1) is 17.2 Å². The number of carboxylic acids is 3. The number of unbranched alkanes of at least 4 members (excludes halogenated alkanes) is 6. The first-order chi connectivity index (χ1) is 50.4. The number of hydrogen-bond acceptors (Lipinski definition) is 13. The van der Waals surface area contributed by atoms with E-state index < -0.39 is 81.1 Å². The number of carbonyl (C=O) groups is 8. The smallest absolute Gasteiger partial charge is 0.326 e. The van der Waals surface area contributed by atoms with Crippen molar-refractivity contribution in [2.75, 3.05) is 43.4 Å². The Morgan fingerprint density at radius 2 is 1.29 bits per heavy atom. The van der Waals surface area contributed by atoms with Gasteiger partial charge in [-0.2, -0.15) is 13.0 Å². The standard InChI is InChI=1S/C79H112N12O14S/c1-6-7-16-47-90-65-30-14-12-27-60(65)78(2,3)68(90)42-38-55-23-19-24-56(39-43-69-79(4,5)61-28-13-15-31-66(61)91(69)48-17-18-49-106(103,104)105)59(55)50-53-34-36-54(37-35-53)51-64(74(100)101)88-72(97)57(25-20-44-84-75(80)81)52-67(93)62(29-21-45-85-76(82)83)87-70(94)32-11-9-8-10-26-58(92)40-41-63(73(98)99)89-77(102)86-46-22-33-71(95)96/h12-15,27-28,30-31,34-39,42-43,57,62-64H,6-11,16-26,29,32-33,40-41,44-52H2,1-5H3,(H15-,80,81,82,83,84,85,86,87,88,89,94,95,96,97,98,99,100,101,102,103,104,105)/p+1/t57-,62+,63-,64-/m1/s1. The highest BCUT2D eigenvalue weighted by atomic mass is 32.2. The summed E-state index contributed by atoms with van der Waals surface area (Å²) in [4.78, 5) is 113. The van der Waals surface area contributed by atoms with Gasteiger partial charge in [0.1, 0.15) is 24.4 Å². The maximum atomic E-state index is 14.5. The number of aliphatic carboxylic acids is 3. The minimum absolute atomic E-state index is 0.0276. The van der Waals surface area contributed by atoms with Crippen molar-refractivity contribution >= 4 is 86.4 Å². The van der Waals surface area contributed by atoms with Crippen LogP contribution in [0.5, 0.6) is 0 Å². The molecule has 1 aliphatic carbocycles. The summed E-state index contributed by atoms with van der Waals surface area (Å²) in [6, 6.07) is 20.1.